The molecule has 6 heteroatoms. The van der Waals surface area contributed by atoms with Gasteiger partial charge in [-0.3, -0.25) is 14.4 Å². The van der Waals surface area contributed by atoms with Gasteiger partial charge in [-0.2, -0.15) is 0 Å². The van der Waals surface area contributed by atoms with E-state index < -0.39 is 35.8 Å². The molecule has 13 heavy (non-hydrogen) atoms. The Hall–Kier alpha value is -1.72. The summed E-state index contributed by atoms with van der Waals surface area (Å²) in [5.41, 5.74) is 0. The van der Waals surface area contributed by atoms with Gasteiger partial charge >= 0.3 is 11.9 Å². The van der Waals surface area contributed by atoms with Crippen molar-refractivity contribution in [1.82, 2.24) is 0 Å². The lowest BCUT2D eigenvalue weighted by molar-refractivity contribution is -0.154. The van der Waals surface area contributed by atoms with E-state index in [0.29, 0.717) is 0 Å². The minimum absolute atomic E-state index is 0.755. The van der Waals surface area contributed by atoms with Gasteiger partial charge in [-0.25, -0.2) is 4.79 Å². The van der Waals surface area contributed by atoms with Gasteiger partial charge in [0.25, 0.3) is 5.78 Å². The number of Topliss-reactive ketones (excluding diaryl/α,β-unsaturated/α-hetero) is 2. The highest BCUT2D eigenvalue weighted by Crippen LogP contribution is 2.06. The van der Waals surface area contributed by atoms with Crippen LogP contribution in [0.5, 0.6) is 0 Å². The number of hydrogen-bond donors (Lipinski definition) is 2. The summed E-state index contributed by atoms with van der Waals surface area (Å²) < 4.78 is 0. The topological polar surface area (TPSA) is 109 Å². The minimum atomic E-state index is -1.79. The van der Waals surface area contributed by atoms with Crippen molar-refractivity contribution in [1.29, 1.82) is 0 Å². The zero-order chi connectivity index (χ0) is 10.6. The molecule has 0 aliphatic carbocycles. The van der Waals surface area contributed by atoms with E-state index in [2.05, 4.69) is 0 Å². The van der Waals surface area contributed by atoms with Crippen molar-refractivity contribution < 1.29 is 29.4 Å². The molecule has 0 bridgehead atoms. The molecular formula is C7H8O6. The first-order valence-corrected chi connectivity index (χ1v) is 3.35. The molecule has 0 spiro atoms. The highest BCUT2D eigenvalue weighted by molar-refractivity contribution is 6.37. The van der Waals surface area contributed by atoms with Crippen molar-refractivity contribution in [3.8, 4) is 0 Å². The number of carboxylic acid groups (broad SMARTS) is 2. The van der Waals surface area contributed by atoms with Crippen LogP contribution < -0.4 is 0 Å². The van der Waals surface area contributed by atoms with Gasteiger partial charge in [0.05, 0.1) is 12.3 Å². The summed E-state index contributed by atoms with van der Waals surface area (Å²) in [6, 6.07) is 0. The van der Waals surface area contributed by atoms with Crippen molar-refractivity contribution in [2.75, 3.05) is 0 Å². The summed E-state index contributed by atoms with van der Waals surface area (Å²) >= 11 is 0. The summed E-state index contributed by atoms with van der Waals surface area (Å²) in [5.74, 6) is -6.88. The monoisotopic (exact) mass is 188 g/mol. The van der Waals surface area contributed by atoms with Crippen molar-refractivity contribution in [2.45, 2.75) is 13.3 Å². The predicted octanol–water partition coefficient (Wildman–Crippen LogP) is -0.680. The van der Waals surface area contributed by atoms with Gasteiger partial charge in [0.1, 0.15) is 5.78 Å². The lowest BCUT2D eigenvalue weighted by Crippen LogP contribution is -2.30. The van der Waals surface area contributed by atoms with E-state index in [9.17, 15) is 19.2 Å². The quantitative estimate of drug-likeness (QED) is 0.437. The molecule has 0 amide bonds. The average Bonchev–Trinajstić information content (AvgIpc) is 1.97. The van der Waals surface area contributed by atoms with Crippen LogP contribution in [0.3, 0.4) is 0 Å². The number of carbonyl (C=O) groups is 4. The van der Waals surface area contributed by atoms with Crippen LogP contribution in [0.4, 0.5) is 0 Å². The Morgan fingerprint density at radius 1 is 1.15 bits per heavy atom. The zero-order valence-electron chi connectivity index (χ0n) is 6.81. The molecular weight excluding hydrogens is 180 g/mol. The van der Waals surface area contributed by atoms with Crippen molar-refractivity contribution in [3.05, 3.63) is 0 Å². The van der Waals surface area contributed by atoms with Gasteiger partial charge in [-0.1, -0.05) is 0 Å². The molecule has 0 aromatic carbocycles. The number of carbonyl (C=O) groups excluding carboxylic acids is 2. The molecule has 0 rings (SSSR count). The van der Waals surface area contributed by atoms with Crippen LogP contribution in [0.25, 0.3) is 0 Å². The Balaban J connectivity index is 4.61. The van der Waals surface area contributed by atoms with Crippen LogP contribution in [0.1, 0.15) is 13.3 Å². The Kier molecular flexibility index (Phi) is 3.77. The lowest BCUT2D eigenvalue weighted by Gasteiger charge is -2.05. The Morgan fingerprint density at radius 2 is 1.62 bits per heavy atom. The summed E-state index contributed by atoms with van der Waals surface area (Å²) in [7, 11) is 0. The van der Waals surface area contributed by atoms with E-state index >= 15 is 0 Å². The van der Waals surface area contributed by atoms with Gasteiger partial charge in [-0.15, -0.1) is 0 Å². The summed E-state index contributed by atoms with van der Waals surface area (Å²) in [4.78, 5) is 41.7. The number of rotatable bonds is 5. The first kappa shape index (κ1) is 11.3. The molecule has 1 atom stereocenters. The zero-order valence-corrected chi connectivity index (χ0v) is 6.81. The molecule has 0 saturated heterocycles. The van der Waals surface area contributed by atoms with Crippen LogP contribution in [0.2, 0.25) is 0 Å². The molecule has 72 valence electrons. The lowest BCUT2D eigenvalue weighted by atomic mass is 9.96. The van der Waals surface area contributed by atoms with Gasteiger partial charge in [0.15, 0.2) is 0 Å². The molecule has 0 saturated carbocycles. The summed E-state index contributed by atoms with van der Waals surface area (Å²) in [5, 5.41) is 16.5. The van der Waals surface area contributed by atoms with E-state index in [-0.39, 0.29) is 0 Å². The fourth-order valence-electron chi connectivity index (χ4n) is 0.745. The molecule has 0 radical (unpaired) electrons. The number of hydrogen-bond acceptors (Lipinski definition) is 4. The fourth-order valence-corrected chi connectivity index (χ4v) is 0.745. The van der Waals surface area contributed by atoms with Crippen LogP contribution in [0.15, 0.2) is 0 Å². The molecule has 0 aliphatic heterocycles. The average molecular weight is 188 g/mol. The van der Waals surface area contributed by atoms with Crippen LogP contribution in [-0.4, -0.2) is 33.7 Å². The molecule has 2 N–H and O–H groups in total. The standard InChI is InChI=1S/C7H8O6/c1-3(8)4(2-5(9)10)6(11)7(12)13/h4H,2H2,1H3,(H,9,10)(H,12,13). The third kappa shape index (κ3) is 3.46. The molecule has 0 fully saturated rings. The highest BCUT2D eigenvalue weighted by Gasteiger charge is 2.30. The predicted molar refractivity (Wildman–Crippen MR) is 39.1 cm³/mol. The SMILES string of the molecule is CC(=O)C(CC(=O)O)C(=O)C(=O)O. The smallest absolute Gasteiger partial charge is 0.372 e. The van der Waals surface area contributed by atoms with Crippen molar-refractivity contribution in [2.24, 2.45) is 5.92 Å². The molecule has 1 unspecified atom stereocenters. The second kappa shape index (κ2) is 4.34. The van der Waals surface area contributed by atoms with E-state index in [1.54, 1.807) is 0 Å². The van der Waals surface area contributed by atoms with Gasteiger partial charge in [-0.05, 0) is 6.92 Å². The maximum absolute atomic E-state index is 10.7. The van der Waals surface area contributed by atoms with E-state index in [4.69, 9.17) is 10.2 Å². The first-order chi connectivity index (χ1) is 5.86. The molecule has 0 aromatic heterocycles. The van der Waals surface area contributed by atoms with Crippen molar-refractivity contribution >= 4 is 23.5 Å². The highest BCUT2D eigenvalue weighted by atomic mass is 16.4. The Morgan fingerprint density at radius 3 is 1.85 bits per heavy atom. The third-order valence-electron chi connectivity index (χ3n) is 1.40. The van der Waals surface area contributed by atoms with Gasteiger partial charge in [0.2, 0.25) is 0 Å². The van der Waals surface area contributed by atoms with E-state index in [1.807, 2.05) is 0 Å². The number of carboxylic acids is 2. The number of ketones is 2. The minimum Gasteiger partial charge on any atom is -0.481 e. The Bertz CT molecular complexity index is 266. The maximum Gasteiger partial charge on any atom is 0.372 e. The van der Waals surface area contributed by atoms with E-state index in [1.165, 1.54) is 0 Å². The summed E-state index contributed by atoms with van der Waals surface area (Å²) in [6.45, 7) is 0.981. The number of aliphatic carboxylic acids is 2. The van der Waals surface area contributed by atoms with E-state index in [0.717, 1.165) is 6.92 Å². The third-order valence-corrected chi connectivity index (χ3v) is 1.40. The molecule has 6 nitrogen and oxygen atoms in total. The Labute approximate surface area is 73.2 Å². The summed E-state index contributed by atoms with van der Waals surface area (Å²) in [6.07, 6.45) is -0.777. The normalized spacial score (nSPS) is 11.8. The molecule has 0 aromatic rings. The fraction of sp³-hybridized carbons (Fsp3) is 0.429. The van der Waals surface area contributed by atoms with Crippen molar-refractivity contribution in [3.63, 3.8) is 0 Å². The van der Waals surface area contributed by atoms with Gasteiger partial charge in [0, 0.05) is 0 Å². The molecule has 0 heterocycles. The second-order valence-corrected chi connectivity index (χ2v) is 2.43. The molecule has 0 aliphatic rings. The maximum atomic E-state index is 10.7. The van der Waals surface area contributed by atoms with Crippen LogP contribution >= 0.6 is 0 Å². The van der Waals surface area contributed by atoms with Crippen LogP contribution in [-0.2, 0) is 19.2 Å². The largest absolute Gasteiger partial charge is 0.481 e. The van der Waals surface area contributed by atoms with Gasteiger partial charge < -0.3 is 10.2 Å². The van der Waals surface area contributed by atoms with Crippen LogP contribution in [0, 0.1) is 5.92 Å². The second-order valence-electron chi connectivity index (χ2n) is 2.43. The first-order valence-electron chi connectivity index (χ1n) is 3.35.